The minimum absolute atomic E-state index is 0.0812. The zero-order valence-electron chi connectivity index (χ0n) is 14.7. The van der Waals surface area contributed by atoms with Gasteiger partial charge in [0.15, 0.2) is 0 Å². The topological polar surface area (TPSA) is 47.7 Å². The molecule has 4 nitrogen and oxygen atoms in total. The van der Waals surface area contributed by atoms with Gasteiger partial charge >= 0.3 is 0 Å². The standard InChI is InChI=1S/C21H26N2O2/c1-15(22)17-4-6-18(7-5-17)23-12-21(13-23)25-20-10-8-19(9-11-20)24-14-16-2-3-16/h4-11,15-16,21H,2-3,12-14,22H2,1H3. The zero-order valence-corrected chi connectivity index (χ0v) is 14.7. The summed E-state index contributed by atoms with van der Waals surface area (Å²) in [7, 11) is 0. The molecule has 4 heteroatoms. The van der Waals surface area contributed by atoms with Crippen LogP contribution >= 0.6 is 0 Å². The maximum Gasteiger partial charge on any atom is 0.133 e. The predicted molar refractivity (Wildman–Crippen MR) is 100 cm³/mol. The number of ether oxygens (including phenoxy) is 2. The van der Waals surface area contributed by atoms with Gasteiger partial charge in [0.1, 0.15) is 17.6 Å². The van der Waals surface area contributed by atoms with Crippen LogP contribution in [0.15, 0.2) is 48.5 Å². The van der Waals surface area contributed by atoms with E-state index >= 15 is 0 Å². The Balaban J connectivity index is 1.24. The molecule has 1 aliphatic heterocycles. The Morgan fingerprint density at radius 3 is 2.24 bits per heavy atom. The van der Waals surface area contributed by atoms with Gasteiger partial charge in [0.05, 0.1) is 19.7 Å². The van der Waals surface area contributed by atoms with E-state index < -0.39 is 0 Å². The maximum absolute atomic E-state index is 6.04. The van der Waals surface area contributed by atoms with Gasteiger partial charge in [0.25, 0.3) is 0 Å². The Morgan fingerprint density at radius 2 is 1.64 bits per heavy atom. The molecule has 1 saturated heterocycles. The summed E-state index contributed by atoms with van der Waals surface area (Å²) >= 11 is 0. The first-order valence-corrected chi connectivity index (χ1v) is 9.17. The summed E-state index contributed by atoms with van der Waals surface area (Å²) in [6.45, 7) is 4.68. The van der Waals surface area contributed by atoms with Crippen molar-refractivity contribution in [2.75, 3.05) is 24.6 Å². The van der Waals surface area contributed by atoms with Gasteiger partial charge in [-0.2, -0.15) is 0 Å². The van der Waals surface area contributed by atoms with Gasteiger partial charge in [-0.1, -0.05) is 12.1 Å². The second-order valence-corrected chi connectivity index (χ2v) is 7.25. The highest BCUT2D eigenvalue weighted by atomic mass is 16.5. The van der Waals surface area contributed by atoms with Crippen LogP contribution in [-0.2, 0) is 0 Å². The Hall–Kier alpha value is -2.20. The molecule has 2 N–H and O–H groups in total. The van der Waals surface area contributed by atoms with Gasteiger partial charge in [0.2, 0.25) is 0 Å². The fraction of sp³-hybridized carbons (Fsp3) is 0.429. The molecule has 0 spiro atoms. The number of benzene rings is 2. The van der Waals surface area contributed by atoms with E-state index in [1.165, 1.54) is 24.1 Å². The molecule has 0 amide bonds. The summed E-state index contributed by atoms with van der Waals surface area (Å²) in [6, 6.07) is 16.6. The first-order chi connectivity index (χ1) is 12.2. The van der Waals surface area contributed by atoms with E-state index in [-0.39, 0.29) is 12.1 Å². The molecule has 1 atom stereocenters. The van der Waals surface area contributed by atoms with E-state index in [1.807, 2.05) is 31.2 Å². The van der Waals surface area contributed by atoms with E-state index in [1.54, 1.807) is 0 Å². The van der Waals surface area contributed by atoms with Crippen LogP contribution in [0.5, 0.6) is 11.5 Å². The summed E-state index contributed by atoms with van der Waals surface area (Å²) < 4.78 is 11.8. The molecule has 1 saturated carbocycles. The van der Waals surface area contributed by atoms with Crippen LogP contribution in [0.4, 0.5) is 5.69 Å². The lowest BCUT2D eigenvalue weighted by Gasteiger charge is -2.40. The lowest BCUT2D eigenvalue weighted by Crippen LogP contribution is -2.54. The van der Waals surface area contributed by atoms with Crippen molar-refractivity contribution in [1.29, 1.82) is 0 Å². The molecule has 0 aromatic heterocycles. The van der Waals surface area contributed by atoms with Crippen LogP contribution in [0, 0.1) is 5.92 Å². The van der Waals surface area contributed by atoms with Crippen molar-refractivity contribution in [3.8, 4) is 11.5 Å². The molecule has 132 valence electrons. The van der Waals surface area contributed by atoms with E-state index in [4.69, 9.17) is 15.2 Å². The normalized spacial score (nSPS) is 18.6. The molecule has 25 heavy (non-hydrogen) atoms. The van der Waals surface area contributed by atoms with Crippen molar-refractivity contribution in [2.45, 2.75) is 31.9 Å². The van der Waals surface area contributed by atoms with Gasteiger partial charge in [-0.25, -0.2) is 0 Å². The Morgan fingerprint density at radius 1 is 1.00 bits per heavy atom. The Bertz CT molecular complexity index is 687. The van der Waals surface area contributed by atoms with Crippen molar-refractivity contribution in [3.63, 3.8) is 0 Å². The first kappa shape index (κ1) is 16.3. The van der Waals surface area contributed by atoms with Gasteiger partial charge in [-0.05, 0) is 67.6 Å². The molecular formula is C21H26N2O2. The van der Waals surface area contributed by atoms with E-state index in [0.717, 1.165) is 37.1 Å². The van der Waals surface area contributed by atoms with Crippen molar-refractivity contribution < 1.29 is 9.47 Å². The molecule has 2 aliphatic rings. The number of rotatable bonds is 7. The van der Waals surface area contributed by atoms with Gasteiger partial charge in [-0.3, -0.25) is 0 Å². The number of anilines is 1. The maximum atomic E-state index is 6.04. The second-order valence-electron chi connectivity index (χ2n) is 7.25. The molecule has 1 aliphatic carbocycles. The molecule has 2 aromatic rings. The average molecular weight is 338 g/mol. The smallest absolute Gasteiger partial charge is 0.133 e. The molecule has 4 rings (SSSR count). The lowest BCUT2D eigenvalue weighted by molar-refractivity contribution is 0.167. The SMILES string of the molecule is CC(N)c1ccc(N2CC(Oc3ccc(OCC4CC4)cc3)C2)cc1. The van der Waals surface area contributed by atoms with Crippen LogP contribution < -0.4 is 20.1 Å². The van der Waals surface area contributed by atoms with Crippen LogP contribution in [0.25, 0.3) is 0 Å². The van der Waals surface area contributed by atoms with Crippen molar-refractivity contribution in [2.24, 2.45) is 11.7 Å². The van der Waals surface area contributed by atoms with Crippen LogP contribution in [-0.4, -0.2) is 25.8 Å². The van der Waals surface area contributed by atoms with Gasteiger partial charge in [-0.15, -0.1) is 0 Å². The van der Waals surface area contributed by atoms with Crippen LogP contribution in [0.1, 0.15) is 31.4 Å². The fourth-order valence-corrected chi connectivity index (χ4v) is 3.02. The molecule has 1 heterocycles. The minimum atomic E-state index is 0.0812. The van der Waals surface area contributed by atoms with Gasteiger partial charge in [0, 0.05) is 11.7 Å². The van der Waals surface area contributed by atoms with Gasteiger partial charge < -0.3 is 20.1 Å². The quantitative estimate of drug-likeness (QED) is 0.835. The second kappa shape index (κ2) is 6.96. The van der Waals surface area contributed by atoms with E-state index in [2.05, 4.69) is 29.2 Å². The Labute approximate surface area is 149 Å². The number of nitrogens with zero attached hydrogens (tertiary/aromatic N) is 1. The summed E-state index contributed by atoms with van der Waals surface area (Å²) in [4.78, 5) is 2.32. The van der Waals surface area contributed by atoms with Crippen molar-refractivity contribution in [1.82, 2.24) is 0 Å². The molecule has 2 fully saturated rings. The van der Waals surface area contributed by atoms with E-state index in [0.29, 0.717) is 0 Å². The first-order valence-electron chi connectivity index (χ1n) is 9.17. The van der Waals surface area contributed by atoms with Crippen LogP contribution in [0.2, 0.25) is 0 Å². The highest BCUT2D eigenvalue weighted by molar-refractivity contribution is 5.50. The summed E-state index contributed by atoms with van der Waals surface area (Å²) in [5, 5.41) is 0. The summed E-state index contributed by atoms with van der Waals surface area (Å²) in [6.07, 6.45) is 2.87. The largest absolute Gasteiger partial charge is 0.493 e. The molecule has 1 unspecified atom stereocenters. The average Bonchev–Trinajstić information content (AvgIpc) is 3.41. The number of hydrogen-bond donors (Lipinski definition) is 1. The molecule has 2 aromatic carbocycles. The third-order valence-electron chi connectivity index (χ3n) is 4.94. The highest BCUT2D eigenvalue weighted by Crippen LogP contribution is 2.30. The molecule has 0 radical (unpaired) electrons. The predicted octanol–water partition coefficient (Wildman–Crippen LogP) is 3.76. The monoisotopic (exact) mass is 338 g/mol. The molecular weight excluding hydrogens is 312 g/mol. The number of hydrogen-bond acceptors (Lipinski definition) is 4. The third-order valence-corrected chi connectivity index (χ3v) is 4.94. The van der Waals surface area contributed by atoms with E-state index in [9.17, 15) is 0 Å². The number of nitrogens with two attached hydrogens (primary N) is 1. The van der Waals surface area contributed by atoms with Crippen molar-refractivity contribution >= 4 is 5.69 Å². The lowest BCUT2D eigenvalue weighted by atomic mass is 10.1. The fourth-order valence-electron chi connectivity index (χ4n) is 3.02. The third kappa shape index (κ3) is 4.07. The minimum Gasteiger partial charge on any atom is -0.493 e. The van der Waals surface area contributed by atoms with Crippen LogP contribution in [0.3, 0.4) is 0 Å². The highest BCUT2D eigenvalue weighted by Gasteiger charge is 2.28. The van der Waals surface area contributed by atoms with Crippen molar-refractivity contribution in [3.05, 3.63) is 54.1 Å². The molecule has 0 bridgehead atoms. The zero-order chi connectivity index (χ0) is 17.2. The summed E-state index contributed by atoms with van der Waals surface area (Å²) in [5.41, 5.74) is 8.30. The summed E-state index contributed by atoms with van der Waals surface area (Å²) in [5.74, 6) is 2.62. The Kier molecular flexibility index (Phi) is 4.53.